The highest BCUT2D eigenvalue weighted by Crippen LogP contribution is 2.42. The molecule has 1 amide bonds. The number of thiazole rings is 1. The molecule has 0 bridgehead atoms. The number of carbonyl (C=O) groups is 2. The topological polar surface area (TPSA) is 122 Å². The van der Waals surface area contributed by atoms with Gasteiger partial charge in [-0.3, -0.25) is 0 Å². The lowest BCUT2D eigenvalue weighted by molar-refractivity contribution is -0.129. The third kappa shape index (κ3) is 8.12. The number of carbonyl (C=O) groups excluding carboxylic acids is 1. The Morgan fingerprint density at radius 1 is 0.907 bits per heavy atom. The maximum atomic E-state index is 12.2. The molecule has 3 aromatic carbocycles. The van der Waals surface area contributed by atoms with Crippen molar-refractivity contribution in [2.75, 3.05) is 18.5 Å². The number of nitrogens with zero attached hydrogens (tertiary/aromatic N) is 2. The first-order valence-corrected chi connectivity index (χ1v) is 14.8. The molecule has 0 aliphatic carbocycles. The van der Waals surface area contributed by atoms with Crippen molar-refractivity contribution in [3.05, 3.63) is 118 Å². The van der Waals surface area contributed by atoms with Crippen LogP contribution >= 0.6 is 22.9 Å². The third-order valence-electron chi connectivity index (χ3n) is 6.16. The maximum absolute atomic E-state index is 12.2. The smallest absolute Gasteiger partial charge is 0.407 e. The number of nitrogens with one attached hydrogen (secondary N) is 2. The average molecular weight is 621 g/mol. The fourth-order valence-corrected chi connectivity index (χ4v) is 5.48. The molecular formula is C32H33ClN4O5S. The minimum Gasteiger partial charge on any atom is -0.476 e. The molecule has 0 saturated carbocycles. The number of hydrogen-bond donors (Lipinski definition) is 3. The largest absolute Gasteiger partial charge is 0.476 e. The van der Waals surface area contributed by atoms with Crippen LogP contribution in [0.15, 0.2) is 96.2 Å². The van der Waals surface area contributed by atoms with E-state index in [1.807, 2.05) is 91.0 Å². The van der Waals surface area contributed by atoms with Gasteiger partial charge in [-0.1, -0.05) is 119 Å². The van der Waals surface area contributed by atoms with Crippen LogP contribution in [-0.2, 0) is 19.9 Å². The Kier molecular flexibility index (Phi) is 10.4. The predicted molar refractivity (Wildman–Crippen MR) is 169 cm³/mol. The second kappa shape index (κ2) is 14.2. The number of alkyl carbamates (subject to hydrolysis) is 1. The van der Waals surface area contributed by atoms with Crippen LogP contribution < -0.4 is 10.6 Å². The van der Waals surface area contributed by atoms with Crippen molar-refractivity contribution < 1.29 is 24.3 Å². The minimum absolute atomic E-state index is 0.0170. The number of rotatable bonds is 12. The van der Waals surface area contributed by atoms with Gasteiger partial charge < -0.3 is 25.3 Å². The van der Waals surface area contributed by atoms with E-state index < -0.39 is 28.9 Å². The fraction of sp³-hybridized carbons (Fsp3) is 0.250. The van der Waals surface area contributed by atoms with Crippen molar-refractivity contribution in [1.82, 2.24) is 10.3 Å². The van der Waals surface area contributed by atoms with Crippen molar-refractivity contribution in [2.24, 2.45) is 5.16 Å². The Morgan fingerprint density at radius 3 is 1.88 bits per heavy atom. The molecule has 1 heterocycles. The van der Waals surface area contributed by atoms with Gasteiger partial charge in [0.2, 0.25) is 5.71 Å². The van der Waals surface area contributed by atoms with Gasteiger partial charge in [-0.05, 0) is 37.5 Å². The van der Waals surface area contributed by atoms with E-state index >= 15 is 0 Å². The number of carboxylic acid groups (broad SMARTS) is 1. The van der Waals surface area contributed by atoms with E-state index in [-0.39, 0.29) is 23.2 Å². The van der Waals surface area contributed by atoms with Crippen LogP contribution in [0, 0.1) is 0 Å². The summed E-state index contributed by atoms with van der Waals surface area (Å²) in [5, 5.41) is 20.3. The first kappa shape index (κ1) is 31.5. The Balaban J connectivity index is 1.60. The monoisotopic (exact) mass is 620 g/mol. The van der Waals surface area contributed by atoms with Crippen molar-refractivity contribution in [2.45, 2.75) is 38.3 Å². The highest BCUT2D eigenvalue weighted by atomic mass is 35.5. The lowest BCUT2D eigenvalue weighted by Gasteiger charge is -2.36. The molecule has 0 radical (unpaired) electrons. The zero-order valence-electron chi connectivity index (χ0n) is 24.0. The van der Waals surface area contributed by atoms with Gasteiger partial charge in [0, 0.05) is 13.0 Å². The van der Waals surface area contributed by atoms with Crippen LogP contribution in [0.25, 0.3) is 0 Å². The van der Waals surface area contributed by atoms with Gasteiger partial charge in [0.1, 0.15) is 27.8 Å². The van der Waals surface area contributed by atoms with E-state index in [1.54, 1.807) is 20.8 Å². The van der Waals surface area contributed by atoms with Crippen LogP contribution in [0.2, 0.25) is 4.34 Å². The second-order valence-electron chi connectivity index (χ2n) is 10.5. The van der Waals surface area contributed by atoms with E-state index in [0.717, 1.165) is 28.0 Å². The summed E-state index contributed by atoms with van der Waals surface area (Å²) in [6.45, 7) is 5.63. The van der Waals surface area contributed by atoms with E-state index in [2.05, 4.69) is 20.8 Å². The van der Waals surface area contributed by atoms with Crippen LogP contribution in [0.3, 0.4) is 0 Å². The van der Waals surface area contributed by atoms with Crippen LogP contribution in [0.4, 0.5) is 9.93 Å². The molecule has 0 saturated heterocycles. The Bertz CT molecular complexity index is 1440. The summed E-state index contributed by atoms with van der Waals surface area (Å²) >= 11 is 7.66. The number of benzene rings is 3. The molecule has 4 aromatic rings. The number of amides is 1. The summed E-state index contributed by atoms with van der Waals surface area (Å²) in [5.41, 5.74) is 0.934. The highest BCUT2D eigenvalue weighted by molar-refractivity contribution is 7.20. The Morgan fingerprint density at radius 2 is 1.42 bits per heavy atom. The number of hydrogen-bond acceptors (Lipinski definition) is 8. The van der Waals surface area contributed by atoms with Crippen LogP contribution in [0.1, 0.15) is 49.6 Å². The van der Waals surface area contributed by atoms with E-state index in [0.29, 0.717) is 11.6 Å². The van der Waals surface area contributed by atoms with Crippen molar-refractivity contribution >= 4 is 45.8 Å². The number of aliphatic carboxylic acids is 1. The summed E-state index contributed by atoms with van der Waals surface area (Å²) in [6.07, 6.45) is -0.171. The molecule has 224 valence electrons. The van der Waals surface area contributed by atoms with Crippen molar-refractivity contribution in [3.8, 4) is 0 Å². The molecule has 43 heavy (non-hydrogen) atoms. The number of anilines is 1. The first-order chi connectivity index (χ1) is 20.6. The van der Waals surface area contributed by atoms with E-state index in [4.69, 9.17) is 21.2 Å². The molecule has 4 rings (SSSR count). The summed E-state index contributed by atoms with van der Waals surface area (Å²) in [5.74, 6) is -1.34. The Hall–Kier alpha value is -4.41. The first-order valence-electron chi connectivity index (χ1n) is 13.6. The van der Waals surface area contributed by atoms with Crippen molar-refractivity contribution in [1.29, 1.82) is 0 Å². The molecule has 0 fully saturated rings. The highest BCUT2D eigenvalue weighted by Gasteiger charge is 2.37. The SMILES string of the molecule is CC(C)(C)OC(=O)NCCCON=C(C(=O)O)c1nc(NC(c2ccccc2)(c2ccccc2)c2ccccc2)sc1Cl. The molecule has 9 nitrogen and oxygen atoms in total. The molecule has 3 N–H and O–H groups in total. The normalized spacial score (nSPS) is 12.0. The fourth-order valence-electron chi connectivity index (χ4n) is 4.38. The molecule has 0 unspecified atom stereocenters. The minimum atomic E-state index is -1.34. The van der Waals surface area contributed by atoms with Crippen molar-refractivity contribution in [3.63, 3.8) is 0 Å². The lowest BCUT2D eigenvalue weighted by atomic mass is 9.77. The third-order valence-corrected chi connectivity index (χ3v) is 7.33. The van der Waals surface area contributed by atoms with E-state index in [1.165, 1.54) is 0 Å². The summed E-state index contributed by atoms with van der Waals surface area (Å²) in [4.78, 5) is 33.8. The molecule has 11 heteroatoms. The van der Waals surface area contributed by atoms with Gasteiger partial charge >= 0.3 is 12.1 Å². The molecule has 0 aliphatic rings. The second-order valence-corrected chi connectivity index (χ2v) is 12.1. The molecule has 0 atom stereocenters. The maximum Gasteiger partial charge on any atom is 0.407 e. The number of ether oxygens (including phenoxy) is 1. The van der Waals surface area contributed by atoms with Gasteiger partial charge in [-0.2, -0.15) is 0 Å². The zero-order valence-corrected chi connectivity index (χ0v) is 25.6. The number of carboxylic acids is 1. The molecule has 0 aliphatic heterocycles. The predicted octanol–water partition coefficient (Wildman–Crippen LogP) is 6.92. The van der Waals surface area contributed by atoms with Crippen LogP contribution in [0.5, 0.6) is 0 Å². The quantitative estimate of drug-likeness (QED) is 0.0680. The molecular weight excluding hydrogens is 588 g/mol. The number of halogens is 1. The summed E-state index contributed by atoms with van der Waals surface area (Å²) in [6, 6.07) is 29.8. The standard InChI is InChI=1S/C32H33ClN4O5S/c1-31(2,3)42-30(40)34-20-13-21-41-37-26(28(38)39)25-27(33)43-29(35-25)36-32(22-14-7-4-8-15-22,23-16-9-5-10-17-23)24-18-11-6-12-19-24/h4-12,14-19H,13,20-21H2,1-3H3,(H,34,40)(H,35,36)(H,38,39). The molecule has 0 spiro atoms. The molecule has 1 aromatic heterocycles. The lowest BCUT2D eigenvalue weighted by Crippen LogP contribution is -2.38. The Labute approximate surface area is 259 Å². The van der Waals surface area contributed by atoms with Gasteiger partial charge in [0.05, 0.1) is 0 Å². The van der Waals surface area contributed by atoms with Gasteiger partial charge in [-0.15, -0.1) is 0 Å². The number of aromatic nitrogens is 1. The van der Waals surface area contributed by atoms with Crippen LogP contribution in [-0.4, -0.2) is 46.6 Å². The van der Waals surface area contributed by atoms with E-state index in [9.17, 15) is 14.7 Å². The summed E-state index contributed by atoms with van der Waals surface area (Å²) < 4.78 is 5.32. The average Bonchev–Trinajstić information content (AvgIpc) is 3.34. The number of oxime groups is 1. The van der Waals surface area contributed by atoms with Gasteiger partial charge in [0.25, 0.3) is 0 Å². The van der Waals surface area contributed by atoms with Gasteiger partial charge in [0.15, 0.2) is 5.13 Å². The summed E-state index contributed by atoms with van der Waals surface area (Å²) in [7, 11) is 0. The van der Waals surface area contributed by atoms with Gasteiger partial charge in [-0.25, -0.2) is 14.6 Å². The zero-order chi connectivity index (χ0) is 30.9.